The Morgan fingerprint density at radius 3 is 2.68 bits per heavy atom. The van der Waals surface area contributed by atoms with Crippen LogP contribution in [-0.2, 0) is 4.74 Å². The van der Waals surface area contributed by atoms with Crippen molar-refractivity contribution < 1.29 is 9.53 Å². The third-order valence-electron chi connectivity index (χ3n) is 5.49. The van der Waals surface area contributed by atoms with E-state index in [-0.39, 0.29) is 5.91 Å². The molecule has 2 aliphatic rings. The summed E-state index contributed by atoms with van der Waals surface area (Å²) in [6.45, 7) is 12.0. The number of nitrogens with zero attached hydrogens (tertiary/aromatic N) is 3. The van der Waals surface area contributed by atoms with Crippen LogP contribution < -0.4 is 0 Å². The molecule has 3 rings (SSSR count). The lowest BCUT2D eigenvalue weighted by Gasteiger charge is -2.24. The highest BCUT2D eigenvalue weighted by atomic mass is 32.1. The van der Waals surface area contributed by atoms with Gasteiger partial charge in [0.2, 0.25) is 0 Å². The van der Waals surface area contributed by atoms with Crippen molar-refractivity contribution in [3.05, 3.63) is 45.1 Å². The third-order valence-corrected chi connectivity index (χ3v) is 6.71. The smallest absolute Gasteiger partial charge is 0.265 e. The fraction of sp³-hybridized carbons (Fsp3) is 0.545. The lowest BCUT2D eigenvalue weighted by molar-refractivity contribution is 0.0763. The van der Waals surface area contributed by atoms with Crippen molar-refractivity contribution >= 4 is 22.8 Å². The molecule has 6 heteroatoms. The highest BCUT2D eigenvalue weighted by molar-refractivity contribution is 7.14. The number of rotatable bonds is 4. The third kappa shape index (κ3) is 4.55. The maximum absolute atomic E-state index is 13.2. The topological polar surface area (TPSA) is 45.7 Å². The van der Waals surface area contributed by atoms with E-state index in [0.717, 1.165) is 71.5 Å². The van der Waals surface area contributed by atoms with Gasteiger partial charge in [0.1, 0.15) is 15.6 Å². The van der Waals surface area contributed by atoms with Gasteiger partial charge in [-0.1, -0.05) is 12.2 Å². The first kappa shape index (κ1) is 20.8. The van der Waals surface area contributed by atoms with Crippen LogP contribution >= 0.6 is 11.3 Å². The van der Waals surface area contributed by atoms with Crippen molar-refractivity contribution in [2.45, 2.75) is 46.6 Å². The molecule has 0 spiro atoms. The molecule has 0 N–H and O–H groups in total. The molecule has 0 unspecified atom stereocenters. The van der Waals surface area contributed by atoms with Gasteiger partial charge in [0.05, 0.1) is 12.8 Å². The first-order valence-electron chi connectivity index (χ1n) is 10.0. The predicted molar refractivity (Wildman–Crippen MR) is 116 cm³/mol. The SMILES string of the molecule is COC1=CC=C(c2nc(C)c(C(=O)N3CCCN(C(C)C)CC3)s2)CC=C1C. The summed E-state index contributed by atoms with van der Waals surface area (Å²) in [7, 11) is 1.69. The van der Waals surface area contributed by atoms with Gasteiger partial charge < -0.3 is 9.64 Å². The van der Waals surface area contributed by atoms with Crippen LogP contribution in [0.3, 0.4) is 0 Å². The summed E-state index contributed by atoms with van der Waals surface area (Å²) in [5.74, 6) is 1.000. The van der Waals surface area contributed by atoms with Crippen LogP contribution in [0.1, 0.15) is 54.0 Å². The van der Waals surface area contributed by atoms with Crippen LogP contribution in [0.2, 0.25) is 0 Å². The number of amides is 1. The first-order valence-corrected chi connectivity index (χ1v) is 10.9. The molecule has 1 fully saturated rings. The van der Waals surface area contributed by atoms with Gasteiger partial charge in [0.25, 0.3) is 5.91 Å². The molecule has 1 saturated heterocycles. The number of hydrogen-bond donors (Lipinski definition) is 0. The summed E-state index contributed by atoms with van der Waals surface area (Å²) < 4.78 is 5.42. The average molecular weight is 402 g/mol. The van der Waals surface area contributed by atoms with Gasteiger partial charge in [-0.25, -0.2) is 4.98 Å². The zero-order valence-corrected chi connectivity index (χ0v) is 18.4. The molecule has 1 aliphatic heterocycles. The normalized spacial score (nSPS) is 18.9. The Morgan fingerprint density at radius 2 is 1.96 bits per heavy atom. The fourth-order valence-corrected chi connectivity index (χ4v) is 4.73. The Balaban J connectivity index is 1.78. The number of aryl methyl sites for hydroxylation is 1. The van der Waals surface area contributed by atoms with Crippen LogP contribution in [0.4, 0.5) is 0 Å². The van der Waals surface area contributed by atoms with Crippen LogP contribution in [0, 0.1) is 6.92 Å². The molecule has 1 aromatic heterocycles. The molecule has 0 radical (unpaired) electrons. The monoisotopic (exact) mass is 401 g/mol. The first-order chi connectivity index (χ1) is 13.4. The van der Waals surface area contributed by atoms with Gasteiger partial charge in [0, 0.05) is 32.2 Å². The van der Waals surface area contributed by atoms with Crippen LogP contribution in [-0.4, -0.2) is 60.0 Å². The van der Waals surface area contributed by atoms with Gasteiger partial charge in [-0.05, 0) is 57.8 Å². The van der Waals surface area contributed by atoms with E-state index >= 15 is 0 Å². The summed E-state index contributed by atoms with van der Waals surface area (Å²) >= 11 is 1.52. The van der Waals surface area contributed by atoms with Gasteiger partial charge in [0.15, 0.2) is 0 Å². The molecule has 0 aromatic carbocycles. The van der Waals surface area contributed by atoms with E-state index in [2.05, 4.69) is 30.9 Å². The largest absolute Gasteiger partial charge is 0.497 e. The Bertz CT molecular complexity index is 820. The number of aromatic nitrogens is 1. The summed E-state index contributed by atoms with van der Waals surface area (Å²) in [5.41, 5.74) is 3.08. The number of methoxy groups -OCH3 is 1. The van der Waals surface area contributed by atoms with Crippen LogP contribution in [0.5, 0.6) is 0 Å². The van der Waals surface area contributed by atoms with E-state index < -0.39 is 0 Å². The standard InChI is InChI=1S/C22H31N3O2S/c1-15(2)24-11-6-12-25(14-13-24)22(26)20-17(4)23-21(28-20)18-8-7-16(3)19(27-5)10-9-18/h7,9-10,15H,6,8,11-14H2,1-5H3. The summed E-state index contributed by atoms with van der Waals surface area (Å²) in [5, 5.41) is 0.928. The van der Waals surface area contributed by atoms with Gasteiger partial charge in [-0.15, -0.1) is 11.3 Å². The molecule has 1 aromatic rings. The second kappa shape index (κ2) is 9.05. The molecule has 0 bridgehead atoms. The lowest BCUT2D eigenvalue weighted by atomic mass is 10.1. The Kier molecular flexibility index (Phi) is 6.73. The molecule has 0 saturated carbocycles. The Hall–Kier alpha value is -1.92. The van der Waals surface area contributed by atoms with E-state index in [9.17, 15) is 4.79 Å². The van der Waals surface area contributed by atoms with Crippen LogP contribution in [0.15, 0.2) is 29.6 Å². The fourth-order valence-electron chi connectivity index (χ4n) is 3.66. The minimum atomic E-state index is 0.126. The molecule has 2 heterocycles. The molecule has 28 heavy (non-hydrogen) atoms. The maximum atomic E-state index is 13.2. The Morgan fingerprint density at radius 1 is 1.18 bits per heavy atom. The maximum Gasteiger partial charge on any atom is 0.265 e. The minimum absolute atomic E-state index is 0.126. The number of ether oxygens (including phenoxy) is 1. The molecule has 152 valence electrons. The van der Waals surface area contributed by atoms with Crippen molar-refractivity contribution in [1.29, 1.82) is 0 Å². The van der Waals surface area contributed by atoms with Crippen molar-refractivity contribution in [3.63, 3.8) is 0 Å². The van der Waals surface area contributed by atoms with E-state index in [1.807, 2.05) is 24.8 Å². The van der Waals surface area contributed by atoms with Crippen LogP contribution in [0.25, 0.3) is 5.57 Å². The average Bonchev–Trinajstić information content (AvgIpc) is 2.84. The molecular weight excluding hydrogens is 370 g/mol. The summed E-state index contributed by atoms with van der Waals surface area (Å²) in [6.07, 6.45) is 8.02. The number of allylic oxidation sites excluding steroid dienone is 5. The van der Waals surface area contributed by atoms with Crippen molar-refractivity contribution in [3.8, 4) is 0 Å². The van der Waals surface area contributed by atoms with E-state index in [1.165, 1.54) is 11.3 Å². The molecular formula is C22H31N3O2S. The predicted octanol–water partition coefficient (Wildman–Crippen LogP) is 4.27. The van der Waals surface area contributed by atoms with Gasteiger partial charge in [-0.3, -0.25) is 9.69 Å². The van der Waals surface area contributed by atoms with Gasteiger partial charge in [-0.2, -0.15) is 0 Å². The zero-order chi connectivity index (χ0) is 20.3. The number of carbonyl (C=O) groups is 1. The second-order valence-electron chi connectivity index (χ2n) is 7.73. The highest BCUT2D eigenvalue weighted by Crippen LogP contribution is 2.31. The summed E-state index contributed by atoms with van der Waals surface area (Å²) in [6, 6.07) is 0.524. The van der Waals surface area contributed by atoms with Gasteiger partial charge >= 0.3 is 0 Å². The lowest BCUT2D eigenvalue weighted by Crippen LogP contribution is -2.37. The number of hydrogen-bond acceptors (Lipinski definition) is 5. The van der Waals surface area contributed by atoms with E-state index in [0.29, 0.717) is 6.04 Å². The van der Waals surface area contributed by atoms with E-state index in [1.54, 1.807) is 7.11 Å². The molecule has 1 amide bonds. The number of carbonyl (C=O) groups excluding carboxylic acids is 1. The summed E-state index contributed by atoms with van der Waals surface area (Å²) in [4.78, 5) is 23.1. The molecule has 0 atom stereocenters. The zero-order valence-electron chi connectivity index (χ0n) is 17.6. The molecule has 5 nitrogen and oxygen atoms in total. The van der Waals surface area contributed by atoms with Crippen molar-refractivity contribution in [1.82, 2.24) is 14.8 Å². The number of thiazole rings is 1. The highest BCUT2D eigenvalue weighted by Gasteiger charge is 2.25. The van der Waals surface area contributed by atoms with Crippen molar-refractivity contribution in [2.75, 3.05) is 33.3 Å². The quantitative estimate of drug-likeness (QED) is 0.756. The van der Waals surface area contributed by atoms with Crippen molar-refractivity contribution in [2.24, 2.45) is 0 Å². The van der Waals surface area contributed by atoms with E-state index in [4.69, 9.17) is 9.72 Å². The minimum Gasteiger partial charge on any atom is -0.497 e. The Labute approximate surface area is 172 Å². The second-order valence-corrected chi connectivity index (χ2v) is 8.73. The molecule has 1 aliphatic carbocycles.